The SMILES string of the molecule is CN1CCC(Nc2ncc(-c3nc4ccccc4s3)c(N[C@@H]3C[C@H](CO)[C@@H](O)[C@H]3O)n2)CC1. The van der Waals surface area contributed by atoms with Gasteiger partial charge in [-0.05, 0) is 51.5 Å². The molecule has 1 aliphatic carbocycles. The van der Waals surface area contributed by atoms with Crippen LogP contribution >= 0.6 is 11.3 Å². The highest BCUT2D eigenvalue weighted by atomic mass is 32.1. The summed E-state index contributed by atoms with van der Waals surface area (Å²) in [5.41, 5.74) is 1.66. The van der Waals surface area contributed by atoms with E-state index in [0.717, 1.165) is 46.7 Å². The fourth-order valence-corrected chi connectivity index (χ4v) is 5.64. The second-order valence-corrected chi connectivity index (χ2v) is 10.1. The number of piperidine rings is 1. The maximum atomic E-state index is 10.6. The van der Waals surface area contributed by atoms with Crippen LogP contribution in [0.5, 0.6) is 0 Å². The maximum Gasteiger partial charge on any atom is 0.224 e. The Hall–Kier alpha value is -2.37. The third-order valence-corrected chi connectivity index (χ3v) is 7.79. The van der Waals surface area contributed by atoms with E-state index >= 15 is 0 Å². The number of rotatable bonds is 6. The van der Waals surface area contributed by atoms with E-state index in [1.54, 1.807) is 17.5 Å². The topological polar surface area (TPSA) is 127 Å². The number of thiazole rings is 1. The first-order valence-corrected chi connectivity index (χ1v) is 12.2. The van der Waals surface area contributed by atoms with Crippen LogP contribution in [0.2, 0.25) is 0 Å². The van der Waals surface area contributed by atoms with E-state index in [1.807, 2.05) is 24.3 Å². The fraction of sp³-hybridized carbons (Fsp3) is 0.522. The van der Waals surface area contributed by atoms with Crippen LogP contribution in [0.15, 0.2) is 30.5 Å². The summed E-state index contributed by atoms with van der Waals surface area (Å²) in [4.78, 5) is 16.4. The van der Waals surface area contributed by atoms with Crippen molar-refractivity contribution in [2.75, 3.05) is 37.4 Å². The van der Waals surface area contributed by atoms with Gasteiger partial charge in [-0.15, -0.1) is 11.3 Å². The van der Waals surface area contributed by atoms with Gasteiger partial charge in [-0.25, -0.2) is 9.97 Å². The van der Waals surface area contributed by atoms with Gasteiger partial charge in [-0.3, -0.25) is 0 Å². The van der Waals surface area contributed by atoms with Crippen LogP contribution in [-0.2, 0) is 0 Å². The number of aliphatic hydroxyl groups excluding tert-OH is 3. The summed E-state index contributed by atoms with van der Waals surface area (Å²) >= 11 is 1.56. The minimum Gasteiger partial charge on any atom is -0.396 e. The monoisotopic (exact) mass is 470 g/mol. The summed E-state index contributed by atoms with van der Waals surface area (Å²) in [5.74, 6) is 0.722. The van der Waals surface area contributed by atoms with Crippen LogP contribution in [-0.4, -0.2) is 86.2 Å². The first-order valence-electron chi connectivity index (χ1n) is 11.4. The van der Waals surface area contributed by atoms with Crippen LogP contribution in [0.4, 0.5) is 11.8 Å². The molecule has 2 fully saturated rings. The molecule has 0 unspecified atom stereocenters. The highest BCUT2D eigenvalue weighted by Crippen LogP contribution is 2.36. The van der Waals surface area contributed by atoms with Crippen molar-refractivity contribution >= 4 is 33.3 Å². The van der Waals surface area contributed by atoms with Crippen molar-refractivity contribution < 1.29 is 15.3 Å². The first-order chi connectivity index (χ1) is 16.0. The minimum absolute atomic E-state index is 0.173. The molecule has 0 radical (unpaired) electrons. The molecule has 0 bridgehead atoms. The van der Waals surface area contributed by atoms with Crippen molar-refractivity contribution in [2.45, 2.75) is 43.6 Å². The van der Waals surface area contributed by atoms with E-state index in [4.69, 9.17) is 9.97 Å². The molecule has 5 N–H and O–H groups in total. The Morgan fingerprint density at radius 3 is 2.61 bits per heavy atom. The van der Waals surface area contributed by atoms with Crippen molar-refractivity contribution in [2.24, 2.45) is 5.92 Å². The Morgan fingerprint density at radius 2 is 1.88 bits per heavy atom. The quantitative estimate of drug-likeness (QED) is 0.366. The van der Waals surface area contributed by atoms with Gasteiger partial charge in [0.1, 0.15) is 16.9 Å². The van der Waals surface area contributed by atoms with Crippen molar-refractivity contribution in [3.63, 3.8) is 0 Å². The number of nitrogens with zero attached hydrogens (tertiary/aromatic N) is 4. The van der Waals surface area contributed by atoms with Crippen LogP contribution in [0.1, 0.15) is 19.3 Å². The van der Waals surface area contributed by atoms with Crippen LogP contribution in [0.3, 0.4) is 0 Å². The molecule has 9 nitrogen and oxygen atoms in total. The lowest BCUT2D eigenvalue weighted by atomic mass is 10.1. The Labute approximate surface area is 196 Å². The molecule has 0 spiro atoms. The Morgan fingerprint density at radius 1 is 1.09 bits per heavy atom. The Bertz CT molecular complexity index is 1070. The van der Waals surface area contributed by atoms with E-state index in [2.05, 4.69) is 27.6 Å². The zero-order valence-electron chi connectivity index (χ0n) is 18.6. The number of fused-ring (bicyclic) bond motifs is 1. The molecule has 176 valence electrons. The highest BCUT2D eigenvalue weighted by molar-refractivity contribution is 7.21. The largest absolute Gasteiger partial charge is 0.396 e. The molecule has 33 heavy (non-hydrogen) atoms. The first kappa shape index (κ1) is 22.4. The average Bonchev–Trinajstić information content (AvgIpc) is 3.37. The summed E-state index contributed by atoms with van der Waals surface area (Å²) in [5, 5.41) is 37.9. The Kier molecular flexibility index (Phi) is 6.44. The third kappa shape index (κ3) is 4.67. The van der Waals surface area contributed by atoms with Gasteiger partial charge in [0.2, 0.25) is 5.95 Å². The minimum atomic E-state index is -0.995. The van der Waals surface area contributed by atoms with Crippen LogP contribution in [0, 0.1) is 5.92 Å². The van der Waals surface area contributed by atoms with Crippen molar-refractivity contribution in [1.29, 1.82) is 0 Å². The van der Waals surface area contributed by atoms with Crippen LogP contribution in [0.25, 0.3) is 20.8 Å². The number of aromatic nitrogens is 3. The number of hydrogen-bond donors (Lipinski definition) is 5. The van der Waals surface area contributed by atoms with Crippen LogP contribution < -0.4 is 10.6 Å². The molecule has 1 saturated carbocycles. The molecule has 2 aromatic heterocycles. The zero-order valence-corrected chi connectivity index (χ0v) is 19.4. The summed E-state index contributed by atoms with van der Waals surface area (Å²) in [6.45, 7) is 1.89. The van der Waals surface area contributed by atoms with Crippen molar-refractivity contribution in [3.8, 4) is 10.6 Å². The summed E-state index contributed by atoms with van der Waals surface area (Å²) in [6, 6.07) is 7.82. The lowest BCUT2D eigenvalue weighted by Crippen LogP contribution is -2.37. The van der Waals surface area contributed by atoms with Gasteiger partial charge in [-0.2, -0.15) is 4.98 Å². The smallest absolute Gasteiger partial charge is 0.224 e. The molecule has 4 atom stereocenters. The van der Waals surface area contributed by atoms with E-state index < -0.39 is 18.2 Å². The van der Waals surface area contributed by atoms with Gasteiger partial charge in [0.05, 0.1) is 27.9 Å². The van der Waals surface area contributed by atoms with E-state index in [-0.39, 0.29) is 12.5 Å². The van der Waals surface area contributed by atoms with Crippen molar-refractivity contribution in [1.82, 2.24) is 19.9 Å². The van der Waals surface area contributed by atoms with Gasteiger partial charge < -0.3 is 30.9 Å². The molecule has 1 saturated heterocycles. The number of hydrogen-bond acceptors (Lipinski definition) is 10. The number of benzene rings is 1. The zero-order chi connectivity index (χ0) is 22.9. The number of para-hydroxylation sites is 1. The highest BCUT2D eigenvalue weighted by Gasteiger charge is 2.41. The van der Waals surface area contributed by atoms with E-state index in [1.165, 1.54) is 0 Å². The molecular weight excluding hydrogens is 440 g/mol. The predicted molar refractivity (Wildman–Crippen MR) is 129 cm³/mol. The second kappa shape index (κ2) is 9.47. The normalized spacial score (nSPS) is 26.7. The molecule has 3 heterocycles. The van der Waals surface area contributed by atoms with Gasteiger partial charge in [0, 0.05) is 24.8 Å². The number of nitrogens with one attached hydrogen (secondary N) is 2. The lowest BCUT2D eigenvalue weighted by Gasteiger charge is -2.29. The molecule has 5 rings (SSSR count). The van der Waals surface area contributed by atoms with Gasteiger partial charge in [0.15, 0.2) is 0 Å². The molecule has 1 aromatic carbocycles. The molecule has 3 aromatic rings. The summed E-state index contributed by atoms with van der Waals surface area (Å²) in [7, 11) is 2.13. The lowest BCUT2D eigenvalue weighted by molar-refractivity contribution is 0.00446. The van der Waals surface area contributed by atoms with Gasteiger partial charge in [-0.1, -0.05) is 12.1 Å². The molecular formula is C23H30N6O3S. The van der Waals surface area contributed by atoms with Crippen molar-refractivity contribution in [3.05, 3.63) is 30.5 Å². The second-order valence-electron chi connectivity index (χ2n) is 9.07. The molecule has 2 aliphatic rings. The van der Waals surface area contributed by atoms with E-state index in [0.29, 0.717) is 24.2 Å². The summed E-state index contributed by atoms with van der Waals surface area (Å²) in [6.07, 6.45) is 2.29. The van der Waals surface area contributed by atoms with Gasteiger partial charge in [0.25, 0.3) is 0 Å². The van der Waals surface area contributed by atoms with E-state index in [9.17, 15) is 15.3 Å². The summed E-state index contributed by atoms with van der Waals surface area (Å²) < 4.78 is 1.07. The number of likely N-dealkylation sites (tertiary alicyclic amines) is 1. The standard InChI is InChI=1S/C23H30N6O3S/c1-29-8-6-14(7-9-29)25-23-24-11-15(22-27-16-4-2-3-5-18(16)33-22)21(28-23)26-17-10-13(12-30)19(31)20(17)32/h2-5,11,13-14,17,19-20,30-32H,6-10,12H2,1H3,(H2,24,25,26,28)/t13-,17-,19-,20+/m1/s1. The average molecular weight is 471 g/mol. The fourth-order valence-electron chi connectivity index (χ4n) is 4.67. The third-order valence-electron chi connectivity index (χ3n) is 6.72. The maximum absolute atomic E-state index is 10.6. The predicted octanol–water partition coefficient (Wildman–Crippen LogP) is 1.77. The van der Waals surface area contributed by atoms with Gasteiger partial charge >= 0.3 is 0 Å². The Balaban J connectivity index is 1.45. The molecule has 0 amide bonds. The molecule has 10 heteroatoms. The number of anilines is 2. The molecule has 1 aliphatic heterocycles. The number of aliphatic hydroxyl groups is 3.